The van der Waals surface area contributed by atoms with E-state index in [1.165, 1.54) is 64.8 Å². The molecule has 18 aromatic rings. The largest absolute Gasteiger partial charge is 2.00 e. The van der Waals surface area contributed by atoms with Crippen molar-refractivity contribution in [1.82, 2.24) is 148 Å². The molecule has 0 saturated heterocycles. The van der Waals surface area contributed by atoms with Crippen LogP contribution in [0.25, 0.3) is 46.5 Å². The van der Waals surface area contributed by atoms with Crippen molar-refractivity contribution in [1.29, 1.82) is 0 Å². The summed E-state index contributed by atoms with van der Waals surface area (Å²) in [7, 11) is -10.4. The molecule has 0 N–H and O–H groups in total. The van der Waals surface area contributed by atoms with E-state index in [0.29, 0.717) is 35.2 Å². The quantitative estimate of drug-likeness (QED) is 0.0512. The molecule has 4 aromatic carbocycles. The molecule has 0 amide bonds. The molecule has 2 aliphatic heterocycles. The first-order valence-electron chi connectivity index (χ1n) is 42.6. The zero-order valence-electron chi connectivity index (χ0n) is 77.7. The van der Waals surface area contributed by atoms with Crippen LogP contribution >= 0.6 is 0 Å². The number of hydrogen-bond acceptors (Lipinski definition) is 26. The van der Waals surface area contributed by atoms with Crippen LogP contribution in [0.4, 0.5) is 0 Å². The van der Waals surface area contributed by atoms with Crippen LogP contribution in [-0.2, 0) is 116 Å². The molecule has 708 valence electrons. The maximum atomic E-state index is 4.93. The van der Waals surface area contributed by atoms with Gasteiger partial charge in [0.15, 0.2) is 24.2 Å². The summed E-state index contributed by atoms with van der Waals surface area (Å²) in [5.74, 6) is 5.11. The predicted octanol–water partition coefficient (Wildman–Crippen LogP) is 8.19. The fraction of sp³-hybridized carbons (Fsp3) is 0.213. The second-order valence-corrected chi connectivity index (χ2v) is 57.0. The molecule has 2 atom stereocenters. The Balaban J connectivity index is 0.000000165. The van der Waals surface area contributed by atoms with Crippen molar-refractivity contribution >= 4 is 93.0 Å². The third-order valence-electron chi connectivity index (χ3n) is 22.1. The monoisotopic (exact) mass is 2810 g/mol. The van der Waals surface area contributed by atoms with Gasteiger partial charge < -0.3 is 77.9 Å². The normalized spacial score (nSPS) is 13.2. The molecular weight excluding hydrogens is 2720 g/mol. The van der Waals surface area contributed by atoms with Crippen LogP contribution in [-0.4, -0.2) is 188 Å². The summed E-state index contributed by atoms with van der Waals surface area (Å²) < 4.78 is 12.8. The van der Waals surface area contributed by atoms with Gasteiger partial charge in [-0.3, -0.25) is 29.3 Å². The topological polar surface area (TPSA) is 372 Å². The first-order chi connectivity index (χ1) is 63.9. The van der Waals surface area contributed by atoms with E-state index < -0.39 is 40.4 Å². The molecule has 44 heteroatoms. The van der Waals surface area contributed by atoms with Gasteiger partial charge in [0.1, 0.15) is 11.9 Å². The molecule has 0 spiro atoms. The summed E-state index contributed by atoms with van der Waals surface area (Å²) in [6.45, 7) is 35.0. The van der Waals surface area contributed by atoms with Crippen LogP contribution < -0.4 is 52.7 Å². The van der Waals surface area contributed by atoms with Gasteiger partial charge in [0, 0.05) is 145 Å². The molecular formula is C94H92N34Pt5Si5. The van der Waals surface area contributed by atoms with E-state index in [-0.39, 0.29) is 128 Å². The molecule has 0 bridgehead atoms. The van der Waals surface area contributed by atoms with Gasteiger partial charge in [-0.25, -0.2) is 30.6 Å². The van der Waals surface area contributed by atoms with E-state index in [4.69, 9.17) is 19.9 Å². The smallest absolute Gasteiger partial charge is 0.353 e. The average molecular weight is 2810 g/mol. The molecule has 2 unspecified atom stereocenters. The van der Waals surface area contributed by atoms with Crippen molar-refractivity contribution in [3.63, 3.8) is 0 Å². The van der Waals surface area contributed by atoms with Crippen LogP contribution in [0.15, 0.2) is 277 Å². The van der Waals surface area contributed by atoms with Gasteiger partial charge in [0.25, 0.3) is 0 Å². The van der Waals surface area contributed by atoms with Gasteiger partial charge in [-0.15, -0.1) is 23.3 Å². The second kappa shape index (κ2) is 46.3. The van der Waals surface area contributed by atoms with Gasteiger partial charge in [-0.1, -0.05) is 156 Å². The number of azo groups is 2. The van der Waals surface area contributed by atoms with Crippen molar-refractivity contribution in [3.8, 4) is 46.5 Å². The van der Waals surface area contributed by atoms with E-state index in [0.717, 1.165) is 66.1 Å². The van der Waals surface area contributed by atoms with Crippen molar-refractivity contribution in [2.45, 2.75) is 130 Å². The Kier molecular flexibility index (Phi) is 35.7. The number of hydrogen-bond donors (Lipinski definition) is 0. The molecule has 138 heavy (non-hydrogen) atoms. The van der Waals surface area contributed by atoms with Crippen LogP contribution in [0.3, 0.4) is 0 Å². The minimum Gasteiger partial charge on any atom is -0.353 e. The van der Waals surface area contributed by atoms with E-state index in [1.54, 1.807) is 46.6 Å². The van der Waals surface area contributed by atoms with E-state index >= 15 is 0 Å². The number of aromatic nitrogens is 30. The van der Waals surface area contributed by atoms with Gasteiger partial charge in [-0.2, -0.15) is 136 Å². The molecule has 14 aromatic heterocycles. The Hall–Kier alpha value is -11.9. The predicted molar refractivity (Wildman–Crippen MR) is 514 cm³/mol. The van der Waals surface area contributed by atoms with Gasteiger partial charge in [-0.05, 0) is 82.9 Å². The van der Waals surface area contributed by atoms with Crippen LogP contribution in [0.5, 0.6) is 0 Å². The number of benzene rings is 4. The minimum atomic E-state index is -2.22. The molecule has 0 fully saturated rings. The fourth-order valence-corrected chi connectivity index (χ4v) is 24.5. The maximum Gasteiger partial charge on any atom is 2.00 e. The van der Waals surface area contributed by atoms with Crippen LogP contribution in [0.1, 0.15) is 76.4 Å². The SMILES string of the molecule is CC(C)(C)c1n[c-]n(-c2cccc([Si](C)(C)c3cccc(-n4[c-]nc(C(C)(C)C)n4)n3)n2)n1.C[Si](C)(c1[c-]c(-n2cccn2)ccc1)c1[c-]c(-n2cccn2)ccc1.C[Si](C)(c1[c-]c(C2C=CN=N2)ccc1)c1[c-]c(C2C=CN=N2)ccc1.C[Si](C)(c1cccc(-n2[c-]ncn2)n1)c1cccc(-n2[c-]ncn2)n1.C[Si](C)(c1ccnc(-n2[c-]ncn2)n1)c1ccnc(-n2[c-]ncn2)n1.[Pt+2].[Pt+2].[Pt+2].[Pt+2].[Pt+2]. The first kappa shape index (κ1) is 107. The Labute approximate surface area is 876 Å². The van der Waals surface area contributed by atoms with Gasteiger partial charge in [0.05, 0.1) is 63.2 Å². The third-order valence-corrected chi connectivity index (χ3v) is 38.0. The molecule has 0 saturated carbocycles. The van der Waals surface area contributed by atoms with E-state index in [2.05, 4.69) is 353 Å². The van der Waals surface area contributed by atoms with Crippen molar-refractivity contribution in [3.05, 3.63) is 342 Å². The third kappa shape index (κ3) is 25.0. The number of pyridine rings is 4. The summed E-state index contributed by atoms with van der Waals surface area (Å²) in [5, 5.41) is 61.2. The number of rotatable bonds is 20. The zero-order chi connectivity index (χ0) is 93.1. The molecule has 0 radical (unpaired) electrons. The van der Waals surface area contributed by atoms with Crippen LogP contribution in [0, 0.1) is 62.2 Å². The summed E-state index contributed by atoms with van der Waals surface area (Å²) in [5.41, 5.74) is 3.77. The standard InChI is InChI=1S/C24H30N8Si.2C20H18N4Si.C16H14N8Si.C14H12N10Si.5Pt/c1-23(2,3)21-25-15-31(29-21)17-11-9-13-19(27-17)33(7,8)20-14-10-12-18(28-20)32-16-26-22(30-32)24(4,5)6;1-25(2,19-9-3-7-17(15-19)23-13-5-11-21-23)20-10-4-8-18(16-20)24-14-6-12-22-24;1-25(2,17-7-3-5-15(13-17)19-9-11-21-23-19)18-8-4-6-16(14-18)20-10-12-22-24-20;1-25(2,15-7-3-5-13(21-15)23-11-17-9-19-23)16-8-4-6-14(22-16)24-12-18-10-20-24;1-25(2,11-3-5-17-13(21-11)23-9-15-7-19-23)12-4-6-18-14(22-12)24-10-16-8-20-24;;;;;/h9-14H,1-8H3;3-14H,1-2H3;3-12,19-20H,1-2H3;3-10H,1-2H3;3-8H,1-2H3;;;;;/q5*-2;5*+2. The molecule has 0 aliphatic carbocycles. The van der Waals surface area contributed by atoms with Crippen LogP contribution in [0.2, 0.25) is 65.5 Å². The zero-order valence-corrected chi connectivity index (χ0v) is 94.1. The van der Waals surface area contributed by atoms with Gasteiger partial charge >= 0.3 is 105 Å². The minimum absolute atomic E-state index is 0. The summed E-state index contributed by atoms with van der Waals surface area (Å²) in [4.78, 5) is 61.1. The Bertz CT molecular complexity index is 6280. The summed E-state index contributed by atoms with van der Waals surface area (Å²) >= 11 is 0. The first-order valence-corrected chi connectivity index (χ1v) is 57.6. The Morgan fingerprint density at radius 2 is 0.609 bits per heavy atom. The Morgan fingerprint density at radius 1 is 0.297 bits per heavy atom. The molecule has 2 aliphatic rings. The summed E-state index contributed by atoms with van der Waals surface area (Å²) in [6.07, 6.45) is 40.9. The fourth-order valence-electron chi connectivity index (χ4n) is 13.9. The van der Waals surface area contributed by atoms with Crippen molar-refractivity contribution in [2.24, 2.45) is 20.5 Å². The molecule has 16 heterocycles. The number of nitrogens with zero attached hydrogens (tertiary/aromatic N) is 34. The van der Waals surface area contributed by atoms with Crippen molar-refractivity contribution in [2.75, 3.05) is 0 Å². The van der Waals surface area contributed by atoms with Gasteiger partial charge in [0.2, 0.25) is 0 Å². The maximum absolute atomic E-state index is 4.93. The van der Waals surface area contributed by atoms with E-state index in [1.807, 2.05) is 131 Å². The average Bonchev–Trinajstić information content (AvgIpc) is 1.33. The Morgan fingerprint density at radius 3 is 0.906 bits per heavy atom. The molecule has 20 rings (SSSR count). The van der Waals surface area contributed by atoms with E-state index in [9.17, 15) is 0 Å². The summed E-state index contributed by atoms with van der Waals surface area (Å²) in [6, 6.07) is 70.9. The second-order valence-electron chi connectivity index (χ2n) is 35.5. The van der Waals surface area contributed by atoms with Crippen molar-refractivity contribution < 1.29 is 105 Å². The molecule has 34 nitrogen and oxygen atoms in total.